The van der Waals surface area contributed by atoms with Crippen molar-refractivity contribution in [1.82, 2.24) is 9.80 Å². The van der Waals surface area contributed by atoms with Crippen LogP contribution < -0.4 is 20.7 Å². The van der Waals surface area contributed by atoms with Gasteiger partial charge in [0.25, 0.3) is 5.91 Å². The van der Waals surface area contributed by atoms with Gasteiger partial charge >= 0.3 is 12.1 Å². The third-order valence-corrected chi connectivity index (χ3v) is 8.79. The van der Waals surface area contributed by atoms with Crippen molar-refractivity contribution < 1.29 is 24.2 Å². The molecule has 0 saturated carbocycles. The molecule has 0 unspecified atom stereocenters. The van der Waals surface area contributed by atoms with Gasteiger partial charge in [-0.15, -0.1) is 0 Å². The highest BCUT2D eigenvalue weighted by molar-refractivity contribution is 6.07. The Balaban J connectivity index is 1.22. The Morgan fingerprint density at radius 1 is 0.875 bits per heavy atom. The summed E-state index contributed by atoms with van der Waals surface area (Å²) >= 11 is 0. The number of rotatable bonds is 7. The Hall–Kier alpha value is -5.61. The van der Waals surface area contributed by atoms with E-state index in [9.17, 15) is 19.5 Å². The fourth-order valence-corrected chi connectivity index (χ4v) is 6.04. The number of likely N-dealkylation sites (N-methyl/N-ethyl adjacent to an activating group) is 1. The van der Waals surface area contributed by atoms with E-state index in [0.29, 0.717) is 29.4 Å². The second-order valence-electron chi connectivity index (χ2n) is 12.3. The lowest BCUT2D eigenvalue weighted by molar-refractivity contribution is 0.0371. The van der Waals surface area contributed by atoms with E-state index in [0.717, 1.165) is 21.5 Å². The van der Waals surface area contributed by atoms with Gasteiger partial charge in [0.05, 0.1) is 36.1 Å². The predicted molar refractivity (Wildman–Crippen MR) is 190 cm³/mol. The molecule has 0 aromatic heterocycles. The number of urea groups is 2. The van der Waals surface area contributed by atoms with Gasteiger partial charge in [0.15, 0.2) is 0 Å². The van der Waals surface area contributed by atoms with Crippen LogP contribution in [0.1, 0.15) is 24.2 Å². The van der Waals surface area contributed by atoms with Crippen molar-refractivity contribution in [3.05, 3.63) is 109 Å². The van der Waals surface area contributed by atoms with E-state index < -0.39 is 18.2 Å². The number of fused-ring (bicyclic) bond motifs is 3. The van der Waals surface area contributed by atoms with E-state index in [1.54, 1.807) is 42.0 Å². The number of anilines is 3. The second kappa shape index (κ2) is 14.0. The average molecular weight is 646 g/mol. The molecule has 10 nitrogen and oxygen atoms in total. The van der Waals surface area contributed by atoms with E-state index in [4.69, 9.17) is 4.74 Å². The molecule has 0 fully saturated rings. The Morgan fingerprint density at radius 3 is 2.12 bits per heavy atom. The number of aliphatic hydroxyl groups is 1. The highest BCUT2D eigenvalue weighted by Crippen LogP contribution is 2.31. The van der Waals surface area contributed by atoms with Crippen molar-refractivity contribution in [2.45, 2.75) is 26.0 Å². The summed E-state index contributed by atoms with van der Waals surface area (Å²) in [5.41, 5.74) is 2.01. The number of ether oxygens (including phenoxy) is 1. The van der Waals surface area contributed by atoms with Crippen LogP contribution in [0.4, 0.5) is 26.7 Å². The topological polar surface area (TPSA) is 123 Å². The molecule has 4 N–H and O–H groups in total. The molecule has 0 aliphatic carbocycles. The normalized spacial score (nSPS) is 16.7. The number of nitrogens with zero attached hydrogens (tertiary/aromatic N) is 2. The van der Waals surface area contributed by atoms with Crippen LogP contribution in [0.25, 0.3) is 21.5 Å². The minimum Gasteiger partial charge on any atom is -0.487 e. The average Bonchev–Trinajstić information content (AvgIpc) is 3.10. The smallest absolute Gasteiger partial charge is 0.323 e. The molecule has 5 amide bonds. The highest BCUT2D eigenvalue weighted by atomic mass is 16.5. The van der Waals surface area contributed by atoms with Crippen LogP contribution in [0, 0.1) is 5.92 Å². The van der Waals surface area contributed by atoms with Crippen LogP contribution in [0.3, 0.4) is 0 Å². The fourth-order valence-electron chi connectivity index (χ4n) is 6.04. The van der Waals surface area contributed by atoms with E-state index in [-0.39, 0.29) is 36.6 Å². The largest absolute Gasteiger partial charge is 0.487 e. The summed E-state index contributed by atoms with van der Waals surface area (Å²) in [6.45, 7) is 4.05. The standard InChI is InChI=1S/C38H39N5O5/c1-24-21-43(25(2)23-44)36(45)31-20-28(39-37(46)40-32-16-8-12-26-10-4-6-14-29(26)32)18-19-34(31)48-35(24)22-42(3)38(47)41-33-17-9-13-27-11-5-7-15-30(27)33/h4-20,24-25,35,44H,21-23H2,1-3H3,(H,41,47)(H2,39,40,46)/t24-,25+,35-/m1/s1. The number of aliphatic hydroxyl groups excluding tert-OH is 1. The Labute approximate surface area is 279 Å². The zero-order valence-electron chi connectivity index (χ0n) is 27.1. The van der Waals surface area contributed by atoms with Gasteiger partial charge in [0.1, 0.15) is 11.9 Å². The number of carbonyl (C=O) groups excluding carboxylic acids is 3. The molecular weight excluding hydrogens is 606 g/mol. The van der Waals surface area contributed by atoms with Crippen LogP contribution in [0.2, 0.25) is 0 Å². The maximum atomic E-state index is 13.9. The Kier molecular flexibility index (Phi) is 9.45. The minimum absolute atomic E-state index is 0.187. The molecular formula is C38H39N5O5. The minimum atomic E-state index is -0.484. The van der Waals surface area contributed by atoms with Crippen molar-refractivity contribution in [2.24, 2.45) is 5.92 Å². The molecule has 3 atom stereocenters. The zero-order valence-corrected chi connectivity index (χ0v) is 27.1. The van der Waals surface area contributed by atoms with E-state index in [1.807, 2.05) is 91.9 Å². The van der Waals surface area contributed by atoms with Crippen LogP contribution >= 0.6 is 0 Å². The number of benzene rings is 5. The number of nitrogens with one attached hydrogen (secondary N) is 3. The summed E-state index contributed by atoms with van der Waals surface area (Å²) in [5, 5.41) is 22.7. The Bertz CT molecular complexity index is 1970. The third-order valence-electron chi connectivity index (χ3n) is 8.79. The summed E-state index contributed by atoms with van der Waals surface area (Å²) in [7, 11) is 1.71. The maximum absolute atomic E-state index is 13.9. The van der Waals surface area contributed by atoms with Gasteiger partial charge < -0.3 is 35.6 Å². The molecule has 10 heteroatoms. The van der Waals surface area contributed by atoms with Crippen molar-refractivity contribution >= 4 is 56.6 Å². The summed E-state index contributed by atoms with van der Waals surface area (Å²) in [5.74, 6) is -0.181. The molecule has 0 radical (unpaired) electrons. The van der Waals surface area contributed by atoms with Gasteiger partial charge in [-0.3, -0.25) is 4.79 Å². The molecule has 246 valence electrons. The number of hydrogen-bond donors (Lipinski definition) is 4. The van der Waals surface area contributed by atoms with Gasteiger partial charge in [-0.2, -0.15) is 0 Å². The van der Waals surface area contributed by atoms with Crippen molar-refractivity contribution in [3.8, 4) is 5.75 Å². The Morgan fingerprint density at radius 2 is 1.48 bits per heavy atom. The van der Waals surface area contributed by atoms with Gasteiger partial charge in [-0.05, 0) is 48.0 Å². The molecule has 5 aromatic carbocycles. The molecule has 48 heavy (non-hydrogen) atoms. The molecule has 0 bridgehead atoms. The van der Waals surface area contributed by atoms with Crippen molar-refractivity contribution in [1.29, 1.82) is 0 Å². The zero-order chi connectivity index (χ0) is 33.8. The first-order chi connectivity index (χ1) is 23.2. The summed E-state index contributed by atoms with van der Waals surface area (Å²) in [6.07, 6.45) is -0.484. The predicted octanol–water partition coefficient (Wildman–Crippen LogP) is 7.02. The summed E-state index contributed by atoms with van der Waals surface area (Å²) in [6, 6.07) is 30.7. The molecule has 5 aromatic rings. The molecule has 1 aliphatic rings. The van der Waals surface area contributed by atoms with Gasteiger partial charge in [0.2, 0.25) is 0 Å². The van der Waals surface area contributed by atoms with Gasteiger partial charge in [0, 0.05) is 36.0 Å². The highest BCUT2D eigenvalue weighted by Gasteiger charge is 2.34. The first kappa shape index (κ1) is 32.3. The molecule has 0 spiro atoms. The molecule has 6 rings (SSSR count). The second-order valence-corrected chi connectivity index (χ2v) is 12.3. The summed E-state index contributed by atoms with van der Waals surface area (Å²) < 4.78 is 6.47. The van der Waals surface area contributed by atoms with Crippen LogP contribution in [0.5, 0.6) is 5.75 Å². The number of hydrogen-bond acceptors (Lipinski definition) is 5. The molecule has 0 saturated heterocycles. The summed E-state index contributed by atoms with van der Waals surface area (Å²) in [4.78, 5) is 43.5. The SMILES string of the molecule is C[C@@H]1CN([C@@H](C)CO)C(=O)c2cc(NC(=O)Nc3cccc4ccccc34)ccc2O[C@@H]1CN(C)C(=O)Nc1cccc2ccccc12. The lowest BCUT2D eigenvalue weighted by Gasteiger charge is -2.38. The first-order valence-corrected chi connectivity index (χ1v) is 16.0. The van der Waals surface area contributed by atoms with Gasteiger partial charge in [-0.1, -0.05) is 79.7 Å². The van der Waals surface area contributed by atoms with E-state index in [1.165, 1.54) is 0 Å². The van der Waals surface area contributed by atoms with Crippen molar-refractivity contribution in [2.75, 3.05) is 42.7 Å². The van der Waals surface area contributed by atoms with Crippen LogP contribution in [-0.4, -0.2) is 71.8 Å². The van der Waals surface area contributed by atoms with Crippen LogP contribution in [0.15, 0.2) is 103 Å². The molecule has 1 heterocycles. The first-order valence-electron chi connectivity index (χ1n) is 16.0. The molecule has 1 aliphatic heterocycles. The maximum Gasteiger partial charge on any atom is 0.323 e. The third kappa shape index (κ3) is 6.89. The lowest BCUT2D eigenvalue weighted by Crippen LogP contribution is -2.50. The fraction of sp³-hybridized carbons (Fsp3) is 0.237. The van der Waals surface area contributed by atoms with Crippen molar-refractivity contribution in [3.63, 3.8) is 0 Å². The van der Waals surface area contributed by atoms with Gasteiger partial charge in [-0.25, -0.2) is 9.59 Å². The van der Waals surface area contributed by atoms with E-state index >= 15 is 0 Å². The van der Waals surface area contributed by atoms with Crippen LogP contribution in [-0.2, 0) is 0 Å². The quantitative estimate of drug-likeness (QED) is 0.152. The number of carbonyl (C=O) groups is 3. The van der Waals surface area contributed by atoms with E-state index in [2.05, 4.69) is 16.0 Å². The number of amides is 5. The monoisotopic (exact) mass is 645 g/mol. The lowest BCUT2D eigenvalue weighted by atomic mass is 9.99.